The molecule has 4 atom stereocenters. The topological polar surface area (TPSA) is 12.0 Å². The van der Waals surface area contributed by atoms with E-state index in [1.807, 2.05) is 0 Å². The molecule has 0 aromatic rings. The lowest BCUT2D eigenvalue weighted by Crippen LogP contribution is -2.38. The van der Waals surface area contributed by atoms with Crippen LogP contribution in [0.15, 0.2) is 0 Å². The molecule has 0 bridgehead atoms. The van der Waals surface area contributed by atoms with Crippen LogP contribution >= 0.6 is 0 Å². The first-order valence-electron chi connectivity index (χ1n) is 6.90. The minimum Gasteiger partial charge on any atom is -0.314 e. The summed E-state index contributed by atoms with van der Waals surface area (Å²) >= 11 is 0. The van der Waals surface area contributed by atoms with Crippen LogP contribution in [0, 0.1) is 23.7 Å². The summed E-state index contributed by atoms with van der Waals surface area (Å²) in [5.74, 6) is 3.84. The average molecular weight is 209 g/mol. The van der Waals surface area contributed by atoms with Gasteiger partial charge < -0.3 is 5.32 Å². The largest absolute Gasteiger partial charge is 0.314 e. The number of hydrogen-bond acceptors (Lipinski definition) is 1. The molecule has 1 nitrogen and oxygen atoms in total. The highest BCUT2D eigenvalue weighted by molar-refractivity contribution is 4.83. The van der Waals surface area contributed by atoms with E-state index in [0.717, 1.165) is 29.7 Å². The Labute approximate surface area is 95.0 Å². The Bertz CT molecular complexity index is 198. The van der Waals surface area contributed by atoms with E-state index in [0.29, 0.717) is 0 Å². The Morgan fingerprint density at radius 2 is 1.80 bits per heavy atom. The van der Waals surface area contributed by atoms with E-state index < -0.39 is 0 Å². The van der Waals surface area contributed by atoms with Crippen LogP contribution in [0.5, 0.6) is 0 Å². The first-order valence-corrected chi connectivity index (χ1v) is 6.90. The van der Waals surface area contributed by atoms with Crippen molar-refractivity contribution in [3.8, 4) is 0 Å². The predicted octanol–water partition coefficient (Wildman–Crippen LogP) is 3.45. The van der Waals surface area contributed by atoms with Crippen molar-refractivity contribution in [1.82, 2.24) is 5.32 Å². The smallest absolute Gasteiger partial charge is 0.00699 e. The van der Waals surface area contributed by atoms with Gasteiger partial charge in [0, 0.05) is 6.04 Å². The third-order valence-corrected chi connectivity index (χ3v) is 4.75. The molecule has 2 aliphatic rings. The fourth-order valence-electron chi connectivity index (χ4n) is 2.92. The van der Waals surface area contributed by atoms with E-state index in [1.165, 1.54) is 38.6 Å². The third kappa shape index (κ3) is 3.21. The van der Waals surface area contributed by atoms with Gasteiger partial charge in [-0.2, -0.15) is 0 Å². The second-order valence-corrected chi connectivity index (χ2v) is 6.19. The van der Waals surface area contributed by atoms with Crippen LogP contribution in [0.4, 0.5) is 0 Å². The molecule has 0 radical (unpaired) electrons. The van der Waals surface area contributed by atoms with Gasteiger partial charge in [-0.15, -0.1) is 0 Å². The second kappa shape index (κ2) is 4.86. The standard InChI is InChI=1S/C14H27N/c1-10-4-7-14(8-11(10)2)15-9-12(3)13-5-6-13/h10-15H,4-9H2,1-3H3. The van der Waals surface area contributed by atoms with Crippen LogP contribution in [0.25, 0.3) is 0 Å². The van der Waals surface area contributed by atoms with Crippen molar-refractivity contribution in [2.75, 3.05) is 6.54 Å². The van der Waals surface area contributed by atoms with Crippen molar-refractivity contribution >= 4 is 0 Å². The number of hydrogen-bond donors (Lipinski definition) is 1. The summed E-state index contributed by atoms with van der Waals surface area (Å²) in [7, 11) is 0. The van der Waals surface area contributed by atoms with Crippen molar-refractivity contribution < 1.29 is 0 Å². The van der Waals surface area contributed by atoms with Crippen molar-refractivity contribution in [2.24, 2.45) is 23.7 Å². The van der Waals surface area contributed by atoms with Gasteiger partial charge in [0.15, 0.2) is 0 Å². The van der Waals surface area contributed by atoms with Gasteiger partial charge >= 0.3 is 0 Å². The van der Waals surface area contributed by atoms with Crippen LogP contribution in [-0.4, -0.2) is 12.6 Å². The zero-order valence-electron chi connectivity index (χ0n) is 10.6. The molecule has 88 valence electrons. The van der Waals surface area contributed by atoms with E-state index in [4.69, 9.17) is 0 Å². The molecular formula is C14H27N. The highest BCUT2D eigenvalue weighted by Gasteiger charge is 2.29. The highest BCUT2D eigenvalue weighted by Crippen LogP contribution is 2.36. The van der Waals surface area contributed by atoms with Gasteiger partial charge in [-0.3, -0.25) is 0 Å². The van der Waals surface area contributed by atoms with Gasteiger partial charge in [-0.05, 0) is 62.3 Å². The maximum atomic E-state index is 3.79. The monoisotopic (exact) mass is 209 g/mol. The Morgan fingerprint density at radius 3 is 2.40 bits per heavy atom. The molecule has 15 heavy (non-hydrogen) atoms. The van der Waals surface area contributed by atoms with E-state index >= 15 is 0 Å². The molecular weight excluding hydrogens is 182 g/mol. The summed E-state index contributed by atoms with van der Waals surface area (Å²) in [5.41, 5.74) is 0. The lowest BCUT2D eigenvalue weighted by atomic mass is 9.79. The summed E-state index contributed by atoms with van der Waals surface area (Å²) in [5, 5.41) is 3.79. The molecule has 4 unspecified atom stereocenters. The normalized spacial score (nSPS) is 39.0. The van der Waals surface area contributed by atoms with Crippen molar-refractivity contribution in [3.63, 3.8) is 0 Å². The van der Waals surface area contributed by atoms with Crippen LogP contribution in [-0.2, 0) is 0 Å². The minimum absolute atomic E-state index is 0.817. The summed E-state index contributed by atoms with van der Waals surface area (Å²) in [6.45, 7) is 8.51. The molecule has 0 aliphatic heterocycles. The zero-order chi connectivity index (χ0) is 10.8. The third-order valence-electron chi connectivity index (χ3n) is 4.75. The molecule has 2 rings (SSSR count). The molecule has 2 saturated carbocycles. The van der Waals surface area contributed by atoms with E-state index in [9.17, 15) is 0 Å². The molecule has 0 spiro atoms. The average Bonchev–Trinajstić information content (AvgIpc) is 3.03. The summed E-state index contributed by atoms with van der Waals surface area (Å²) < 4.78 is 0. The van der Waals surface area contributed by atoms with Gasteiger partial charge in [-0.25, -0.2) is 0 Å². The van der Waals surface area contributed by atoms with E-state index in [1.54, 1.807) is 0 Å². The molecule has 2 aliphatic carbocycles. The fourth-order valence-corrected chi connectivity index (χ4v) is 2.92. The summed E-state index contributed by atoms with van der Waals surface area (Å²) in [6.07, 6.45) is 7.21. The second-order valence-electron chi connectivity index (χ2n) is 6.19. The first-order chi connectivity index (χ1) is 7.16. The van der Waals surface area contributed by atoms with Crippen molar-refractivity contribution in [3.05, 3.63) is 0 Å². The molecule has 1 heteroatoms. The van der Waals surface area contributed by atoms with Crippen LogP contribution in [0.2, 0.25) is 0 Å². The molecule has 2 fully saturated rings. The molecule has 1 N–H and O–H groups in total. The summed E-state index contributed by atoms with van der Waals surface area (Å²) in [4.78, 5) is 0. The highest BCUT2D eigenvalue weighted by atomic mass is 14.9. The Hall–Kier alpha value is -0.0400. The fraction of sp³-hybridized carbons (Fsp3) is 1.00. The van der Waals surface area contributed by atoms with Crippen LogP contribution < -0.4 is 5.32 Å². The first kappa shape index (κ1) is 11.4. The van der Waals surface area contributed by atoms with E-state index in [2.05, 4.69) is 26.1 Å². The van der Waals surface area contributed by atoms with Gasteiger partial charge in [0.1, 0.15) is 0 Å². The SMILES string of the molecule is CC1CCC(NCC(C)C2CC2)CC1C. The van der Waals surface area contributed by atoms with Gasteiger partial charge in [0.25, 0.3) is 0 Å². The van der Waals surface area contributed by atoms with Gasteiger partial charge in [0.2, 0.25) is 0 Å². The minimum atomic E-state index is 0.817. The Balaban J connectivity index is 1.66. The molecule has 0 aromatic carbocycles. The number of rotatable bonds is 4. The van der Waals surface area contributed by atoms with Gasteiger partial charge in [-0.1, -0.05) is 20.8 Å². The lowest BCUT2D eigenvalue weighted by molar-refractivity contribution is 0.220. The maximum absolute atomic E-state index is 3.79. The molecule has 0 amide bonds. The van der Waals surface area contributed by atoms with Crippen molar-refractivity contribution in [2.45, 2.75) is 58.9 Å². The van der Waals surface area contributed by atoms with Crippen LogP contribution in [0.1, 0.15) is 52.9 Å². The molecule has 0 saturated heterocycles. The van der Waals surface area contributed by atoms with Crippen LogP contribution in [0.3, 0.4) is 0 Å². The van der Waals surface area contributed by atoms with Gasteiger partial charge in [0.05, 0.1) is 0 Å². The van der Waals surface area contributed by atoms with E-state index in [-0.39, 0.29) is 0 Å². The molecule has 0 aromatic heterocycles. The number of nitrogens with one attached hydrogen (secondary N) is 1. The molecule has 0 heterocycles. The maximum Gasteiger partial charge on any atom is 0.00699 e. The quantitative estimate of drug-likeness (QED) is 0.748. The zero-order valence-corrected chi connectivity index (χ0v) is 10.6. The summed E-state index contributed by atoms with van der Waals surface area (Å²) in [6, 6.07) is 0.817. The van der Waals surface area contributed by atoms with Crippen molar-refractivity contribution in [1.29, 1.82) is 0 Å². The predicted molar refractivity (Wildman–Crippen MR) is 65.9 cm³/mol. The Morgan fingerprint density at radius 1 is 1.07 bits per heavy atom. The lowest BCUT2D eigenvalue weighted by Gasteiger charge is -2.33. The Kier molecular flexibility index (Phi) is 3.71.